The summed E-state index contributed by atoms with van der Waals surface area (Å²) in [6.45, 7) is 20.9. The van der Waals surface area contributed by atoms with Crippen LogP contribution in [0, 0.1) is 6.92 Å². The van der Waals surface area contributed by atoms with E-state index >= 15 is 0 Å². The first-order valence-electron chi connectivity index (χ1n) is 7.70. The average Bonchev–Trinajstić information content (AvgIpc) is 2.50. The lowest BCUT2D eigenvalue weighted by Crippen LogP contribution is -2.68. The lowest BCUT2D eigenvalue weighted by Gasteiger charge is -2.61. The van der Waals surface area contributed by atoms with E-state index < -0.39 is 0 Å². The third kappa shape index (κ3) is 1.65. The molecule has 0 radical (unpaired) electrons. The maximum Gasteiger partial charge on any atom is 0.0635 e. The van der Waals surface area contributed by atoms with E-state index in [1.807, 2.05) is 0 Å². The zero-order valence-electron chi connectivity index (χ0n) is 14.9. The van der Waals surface area contributed by atoms with Crippen LogP contribution in [0.2, 0.25) is 0 Å². The van der Waals surface area contributed by atoms with Gasteiger partial charge in [0, 0.05) is 29.6 Å². The third-order valence-corrected chi connectivity index (χ3v) is 5.68. The molecule has 114 valence electrons. The first-order valence-corrected chi connectivity index (χ1v) is 7.70. The summed E-state index contributed by atoms with van der Waals surface area (Å²) in [7, 11) is 2.08. The number of aryl methyl sites for hydroxylation is 2. The molecule has 0 N–H and O–H groups in total. The number of hydrogen-bond donors (Lipinski definition) is 0. The first-order chi connectivity index (χ1) is 8.86. The van der Waals surface area contributed by atoms with Gasteiger partial charge < -0.3 is 0 Å². The Bertz CT molecular complexity index is 533. The minimum atomic E-state index is -0.0153. The highest BCUT2D eigenvalue weighted by Crippen LogP contribution is 2.53. The molecule has 3 nitrogen and oxygen atoms in total. The van der Waals surface area contributed by atoms with Gasteiger partial charge >= 0.3 is 0 Å². The van der Waals surface area contributed by atoms with E-state index in [1.54, 1.807) is 0 Å². The van der Waals surface area contributed by atoms with Crippen molar-refractivity contribution in [3.05, 3.63) is 17.0 Å². The minimum absolute atomic E-state index is 0.0153. The molecule has 1 aromatic heterocycles. The molecule has 0 bridgehead atoms. The summed E-state index contributed by atoms with van der Waals surface area (Å²) in [6, 6.07) is 0.489. The Morgan fingerprint density at radius 1 is 1.00 bits per heavy atom. The number of hydrogen-bond acceptors (Lipinski definition) is 2. The molecule has 0 atom stereocenters. The lowest BCUT2D eigenvalue weighted by atomic mass is 9.61. The molecule has 0 saturated heterocycles. The molecule has 1 aliphatic rings. The van der Waals surface area contributed by atoms with Crippen LogP contribution in [0.25, 0.3) is 0 Å². The van der Waals surface area contributed by atoms with Crippen LogP contribution < -0.4 is 0 Å². The molecule has 0 amide bonds. The highest BCUT2D eigenvalue weighted by Gasteiger charge is 2.57. The topological polar surface area (TPSA) is 21.1 Å². The predicted octanol–water partition coefficient (Wildman–Crippen LogP) is 3.74. The molecule has 0 spiro atoms. The molecule has 0 aliphatic carbocycles. The van der Waals surface area contributed by atoms with E-state index in [-0.39, 0.29) is 16.5 Å². The molecular weight excluding hydrogens is 246 g/mol. The standard InChI is InChI=1S/C17H31N3/c1-11(2)20-16(6,7)14-13(12(3)18-19(14)10)15(4,5)17(20,8)9/h11H,1-10H3. The van der Waals surface area contributed by atoms with Gasteiger partial charge in [-0.1, -0.05) is 13.8 Å². The highest BCUT2D eigenvalue weighted by atomic mass is 15.4. The summed E-state index contributed by atoms with van der Waals surface area (Å²) in [5, 5.41) is 4.73. The number of fused-ring (bicyclic) bond motifs is 1. The predicted molar refractivity (Wildman–Crippen MR) is 85.1 cm³/mol. The van der Waals surface area contributed by atoms with Crippen molar-refractivity contribution in [2.24, 2.45) is 7.05 Å². The molecule has 0 unspecified atom stereocenters. The van der Waals surface area contributed by atoms with E-state index in [9.17, 15) is 0 Å². The summed E-state index contributed by atoms with van der Waals surface area (Å²) in [6.07, 6.45) is 0. The third-order valence-electron chi connectivity index (χ3n) is 5.68. The van der Waals surface area contributed by atoms with E-state index in [0.29, 0.717) is 6.04 Å². The quantitative estimate of drug-likeness (QED) is 0.779. The van der Waals surface area contributed by atoms with Gasteiger partial charge in [0.1, 0.15) is 0 Å². The number of nitrogens with zero attached hydrogens (tertiary/aromatic N) is 3. The van der Waals surface area contributed by atoms with E-state index in [0.717, 1.165) is 0 Å². The van der Waals surface area contributed by atoms with E-state index in [4.69, 9.17) is 5.10 Å². The zero-order chi connectivity index (χ0) is 15.7. The van der Waals surface area contributed by atoms with Gasteiger partial charge in [-0.25, -0.2) is 0 Å². The Balaban J connectivity index is 2.87. The Morgan fingerprint density at radius 2 is 1.50 bits per heavy atom. The fourth-order valence-corrected chi connectivity index (χ4v) is 4.82. The van der Waals surface area contributed by atoms with E-state index in [2.05, 4.69) is 78.9 Å². The number of aromatic nitrogens is 2. The van der Waals surface area contributed by atoms with Gasteiger partial charge in [-0.3, -0.25) is 9.58 Å². The molecule has 0 saturated carbocycles. The van der Waals surface area contributed by atoms with Crippen LogP contribution in [0.4, 0.5) is 0 Å². The van der Waals surface area contributed by atoms with Crippen molar-refractivity contribution in [2.75, 3.05) is 0 Å². The molecule has 0 aromatic carbocycles. The van der Waals surface area contributed by atoms with Crippen LogP contribution >= 0.6 is 0 Å². The molecule has 2 heterocycles. The van der Waals surface area contributed by atoms with Crippen molar-refractivity contribution in [2.45, 2.75) is 84.8 Å². The van der Waals surface area contributed by atoms with Crippen LogP contribution in [0.1, 0.15) is 72.3 Å². The second-order valence-corrected chi connectivity index (χ2v) is 8.14. The second kappa shape index (κ2) is 4.09. The Hall–Kier alpha value is -0.830. The van der Waals surface area contributed by atoms with Crippen LogP contribution in [-0.2, 0) is 18.0 Å². The van der Waals surface area contributed by atoms with Gasteiger partial charge in [0.2, 0.25) is 0 Å². The maximum atomic E-state index is 4.73. The molecule has 3 heteroatoms. The zero-order valence-corrected chi connectivity index (χ0v) is 14.9. The normalized spacial score (nSPS) is 23.9. The second-order valence-electron chi connectivity index (χ2n) is 8.14. The minimum Gasteiger partial charge on any atom is -0.284 e. The van der Waals surface area contributed by atoms with Crippen LogP contribution in [-0.4, -0.2) is 26.3 Å². The van der Waals surface area contributed by atoms with Gasteiger partial charge in [0.05, 0.1) is 16.9 Å². The van der Waals surface area contributed by atoms with Gasteiger partial charge in [0.25, 0.3) is 0 Å². The van der Waals surface area contributed by atoms with Crippen LogP contribution in [0.15, 0.2) is 0 Å². The molecule has 1 aromatic rings. The molecule has 0 fully saturated rings. The monoisotopic (exact) mass is 277 g/mol. The Labute approximate surface area is 124 Å². The fourth-order valence-electron chi connectivity index (χ4n) is 4.82. The van der Waals surface area contributed by atoms with Gasteiger partial charge in [-0.05, 0) is 48.5 Å². The summed E-state index contributed by atoms with van der Waals surface area (Å²) in [5.74, 6) is 0. The van der Waals surface area contributed by atoms with Crippen molar-refractivity contribution >= 4 is 0 Å². The summed E-state index contributed by atoms with van der Waals surface area (Å²) < 4.78 is 2.09. The van der Waals surface area contributed by atoms with Crippen molar-refractivity contribution < 1.29 is 0 Å². The van der Waals surface area contributed by atoms with Crippen molar-refractivity contribution in [1.29, 1.82) is 0 Å². The summed E-state index contributed by atoms with van der Waals surface area (Å²) >= 11 is 0. The van der Waals surface area contributed by atoms with Crippen LogP contribution in [0.3, 0.4) is 0 Å². The van der Waals surface area contributed by atoms with Gasteiger partial charge in [-0.15, -0.1) is 0 Å². The molecule has 1 aliphatic heterocycles. The van der Waals surface area contributed by atoms with Gasteiger partial charge in [0.15, 0.2) is 0 Å². The Morgan fingerprint density at radius 3 is 1.95 bits per heavy atom. The van der Waals surface area contributed by atoms with Crippen LogP contribution in [0.5, 0.6) is 0 Å². The lowest BCUT2D eigenvalue weighted by molar-refractivity contribution is -0.0728. The number of rotatable bonds is 1. The Kier molecular flexibility index (Phi) is 3.18. The van der Waals surface area contributed by atoms with Gasteiger partial charge in [-0.2, -0.15) is 5.10 Å². The molecular formula is C17H31N3. The SMILES string of the molecule is Cc1nn(C)c2c1C(C)(C)C(C)(C)N(C(C)C)C2(C)C. The highest BCUT2D eigenvalue weighted by molar-refractivity contribution is 5.43. The van der Waals surface area contributed by atoms with E-state index in [1.165, 1.54) is 17.0 Å². The smallest absolute Gasteiger partial charge is 0.0635 e. The molecule has 2 rings (SSSR count). The first kappa shape index (κ1) is 15.6. The molecule has 20 heavy (non-hydrogen) atoms. The summed E-state index contributed by atoms with van der Waals surface area (Å²) in [4.78, 5) is 2.66. The van der Waals surface area contributed by atoms with Crippen molar-refractivity contribution in [3.8, 4) is 0 Å². The average molecular weight is 277 g/mol. The van der Waals surface area contributed by atoms with Crippen molar-refractivity contribution in [1.82, 2.24) is 14.7 Å². The summed E-state index contributed by atoms with van der Waals surface area (Å²) in [5.41, 5.74) is 4.11. The fraction of sp³-hybridized carbons (Fsp3) is 0.824. The van der Waals surface area contributed by atoms with Crippen molar-refractivity contribution in [3.63, 3.8) is 0 Å². The largest absolute Gasteiger partial charge is 0.284 e. The maximum absolute atomic E-state index is 4.73.